The summed E-state index contributed by atoms with van der Waals surface area (Å²) < 4.78 is 17.5. The highest BCUT2D eigenvalue weighted by Gasteiger charge is 2.53. The summed E-state index contributed by atoms with van der Waals surface area (Å²) in [5, 5.41) is 12.2. The molecule has 1 atom stereocenters. The Morgan fingerprint density at radius 2 is 2.15 bits per heavy atom. The number of imidazole rings is 1. The normalized spacial score (nSPS) is 16.0. The number of aliphatic imine (C=N–C) groups is 1. The second-order valence-corrected chi connectivity index (χ2v) is 8.57. The number of alkyl carbamates (subject to hydrolysis) is 1. The molecule has 1 unspecified atom stereocenters. The van der Waals surface area contributed by atoms with Gasteiger partial charge < -0.3 is 24.6 Å². The van der Waals surface area contributed by atoms with Crippen LogP contribution in [0.5, 0.6) is 0 Å². The lowest BCUT2D eigenvalue weighted by Gasteiger charge is -2.23. The average molecular weight is 464 g/mol. The average Bonchev–Trinajstić information content (AvgIpc) is 3.38. The highest BCUT2D eigenvalue weighted by atomic mass is 16.6. The number of aromatic nitrogens is 4. The van der Waals surface area contributed by atoms with Crippen LogP contribution in [0.25, 0.3) is 11.2 Å². The van der Waals surface area contributed by atoms with Gasteiger partial charge in [-0.1, -0.05) is 0 Å². The van der Waals surface area contributed by atoms with Crippen molar-refractivity contribution in [3.05, 3.63) is 16.7 Å². The number of nitrogens with zero attached hydrogens (tertiary/aromatic N) is 4. The number of aliphatic hydroxyl groups is 1. The van der Waals surface area contributed by atoms with Crippen molar-refractivity contribution in [1.29, 1.82) is 0 Å². The Morgan fingerprint density at radius 3 is 2.76 bits per heavy atom. The number of carbonyl (C=O) groups is 2. The highest BCUT2D eigenvalue weighted by molar-refractivity contribution is 5.88. The van der Waals surface area contributed by atoms with Crippen molar-refractivity contribution < 1.29 is 28.9 Å². The molecule has 13 heteroatoms. The predicted molar refractivity (Wildman–Crippen MR) is 116 cm³/mol. The van der Waals surface area contributed by atoms with Gasteiger partial charge in [0, 0.05) is 6.21 Å². The van der Waals surface area contributed by atoms with Gasteiger partial charge in [-0.25, -0.2) is 19.6 Å². The molecule has 2 aromatic heterocycles. The number of aromatic amines is 1. The van der Waals surface area contributed by atoms with E-state index in [4.69, 9.17) is 14.2 Å². The molecular formula is C20H28N6O7. The van der Waals surface area contributed by atoms with E-state index in [1.807, 2.05) is 0 Å². The first-order valence-corrected chi connectivity index (χ1v) is 10.4. The van der Waals surface area contributed by atoms with Crippen molar-refractivity contribution in [2.75, 3.05) is 13.2 Å². The first-order valence-electron chi connectivity index (χ1n) is 10.4. The molecule has 0 saturated heterocycles. The summed E-state index contributed by atoms with van der Waals surface area (Å²) in [4.78, 5) is 51.3. The minimum atomic E-state index is -1.12. The first kappa shape index (κ1) is 24.3. The third kappa shape index (κ3) is 6.14. The van der Waals surface area contributed by atoms with Gasteiger partial charge in [-0.05, 0) is 40.5 Å². The Labute approximate surface area is 189 Å². The van der Waals surface area contributed by atoms with Gasteiger partial charge >= 0.3 is 12.1 Å². The third-order valence-electron chi connectivity index (χ3n) is 4.65. The lowest BCUT2D eigenvalue weighted by molar-refractivity contribution is -0.154. The van der Waals surface area contributed by atoms with E-state index in [1.54, 1.807) is 27.7 Å². The number of hydrogen-bond donors (Lipinski definition) is 3. The largest absolute Gasteiger partial charge is 0.461 e. The van der Waals surface area contributed by atoms with Crippen LogP contribution in [0.3, 0.4) is 0 Å². The van der Waals surface area contributed by atoms with Crippen LogP contribution in [-0.4, -0.2) is 73.4 Å². The number of aliphatic hydroxyl groups excluding tert-OH is 1. The van der Waals surface area contributed by atoms with E-state index < -0.39 is 41.5 Å². The highest BCUT2D eigenvalue weighted by Crippen LogP contribution is 2.37. The van der Waals surface area contributed by atoms with Gasteiger partial charge in [-0.2, -0.15) is 4.98 Å². The molecule has 0 radical (unpaired) electrons. The molecule has 1 aliphatic carbocycles. The van der Waals surface area contributed by atoms with Gasteiger partial charge in [0.1, 0.15) is 30.6 Å². The van der Waals surface area contributed by atoms with Crippen LogP contribution in [0, 0.1) is 0 Å². The van der Waals surface area contributed by atoms with Crippen LogP contribution in [0.15, 0.2) is 16.1 Å². The molecular weight excluding hydrogens is 436 g/mol. The zero-order chi connectivity index (χ0) is 24.2. The van der Waals surface area contributed by atoms with Crippen LogP contribution in [-0.2, 0) is 25.7 Å². The summed E-state index contributed by atoms with van der Waals surface area (Å²) in [5.74, 6) is -0.504. The number of hydrogen-bond acceptors (Lipinski definition) is 10. The predicted octanol–water partition coefficient (Wildman–Crippen LogP) is 0.777. The van der Waals surface area contributed by atoms with Crippen molar-refractivity contribution in [2.24, 2.45) is 4.99 Å². The van der Waals surface area contributed by atoms with Gasteiger partial charge in [-0.3, -0.25) is 14.3 Å². The van der Waals surface area contributed by atoms with Gasteiger partial charge in [0.25, 0.3) is 5.56 Å². The Balaban J connectivity index is 1.56. The molecule has 1 saturated carbocycles. The molecule has 1 amide bonds. The monoisotopic (exact) mass is 464 g/mol. The zero-order valence-corrected chi connectivity index (χ0v) is 19.0. The van der Waals surface area contributed by atoms with Crippen molar-refractivity contribution in [2.45, 2.75) is 64.5 Å². The molecule has 2 heterocycles. The molecule has 33 heavy (non-hydrogen) atoms. The lowest BCUT2D eigenvalue weighted by atomic mass is 10.2. The summed E-state index contributed by atoms with van der Waals surface area (Å²) in [6.07, 6.45) is 2.17. The van der Waals surface area contributed by atoms with Crippen molar-refractivity contribution in [1.82, 2.24) is 24.8 Å². The van der Waals surface area contributed by atoms with Gasteiger partial charge in [-0.15, -0.1) is 0 Å². The minimum absolute atomic E-state index is 0.105. The molecule has 0 aliphatic heterocycles. The molecule has 3 rings (SSSR count). The minimum Gasteiger partial charge on any atom is -0.461 e. The molecule has 0 bridgehead atoms. The number of fused-ring (bicyclic) bond motifs is 1. The van der Waals surface area contributed by atoms with Crippen molar-refractivity contribution >= 4 is 35.4 Å². The molecule has 1 aliphatic rings. The summed E-state index contributed by atoms with van der Waals surface area (Å²) in [6, 6.07) is 0. The molecule has 0 aromatic carbocycles. The second kappa shape index (κ2) is 9.67. The number of esters is 1. The van der Waals surface area contributed by atoms with Crippen LogP contribution in [0.1, 0.15) is 40.5 Å². The zero-order valence-electron chi connectivity index (χ0n) is 19.0. The van der Waals surface area contributed by atoms with E-state index in [9.17, 15) is 19.5 Å². The maximum Gasteiger partial charge on any atom is 0.408 e. The van der Waals surface area contributed by atoms with E-state index in [2.05, 4.69) is 25.3 Å². The molecule has 3 N–H and O–H groups in total. The van der Waals surface area contributed by atoms with Crippen LogP contribution in [0.4, 0.5) is 10.7 Å². The van der Waals surface area contributed by atoms with E-state index in [0.29, 0.717) is 12.8 Å². The SMILES string of the molecule is C/C=N/c1nc2c(ncn2COC(CO)COC(=O)C2(NC(=O)OC(C)(C)C)CC2)c(=O)[nH]1. The van der Waals surface area contributed by atoms with Crippen LogP contribution < -0.4 is 10.9 Å². The van der Waals surface area contributed by atoms with E-state index in [0.717, 1.165) is 0 Å². The Morgan fingerprint density at radius 1 is 1.42 bits per heavy atom. The number of H-pyrrole nitrogens is 1. The van der Waals surface area contributed by atoms with E-state index in [-0.39, 0.29) is 30.4 Å². The van der Waals surface area contributed by atoms with Crippen molar-refractivity contribution in [3.8, 4) is 0 Å². The fraction of sp³-hybridized carbons (Fsp3) is 0.600. The molecule has 2 aromatic rings. The Kier molecular flexibility index (Phi) is 7.12. The smallest absolute Gasteiger partial charge is 0.408 e. The molecule has 180 valence electrons. The number of carbonyl (C=O) groups excluding carboxylic acids is 2. The number of ether oxygens (including phenoxy) is 3. The first-order chi connectivity index (χ1) is 15.6. The van der Waals surface area contributed by atoms with E-state index in [1.165, 1.54) is 17.1 Å². The van der Waals surface area contributed by atoms with Crippen LogP contribution in [0.2, 0.25) is 0 Å². The molecule has 1 fully saturated rings. The summed E-state index contributed by atoms with van der Waals surface area (Å²) in [6.45, 7) is 6.09. The number of amides is 1. The number of nitrogens with one attached hydrogen (secondary N) is 2. The molecule has 13 nitrogen and oxygen atoms in total. The van der Waals surface area contributed by atoms with Gasteiger partial charge in [0.15, 0.2) is 11.2 Å². The lowest BCUT2D eigenvalue weighted by Crippen LogP contribution is -2.47. The fourth-order valence-electron chi connectivity index (χ4n) is 2.87. The van der Waals surface area contributed by atoms with Crippen LogP contribution >= 0.6 is 0 Å². The number of rotatable bonds is 9. The Hall–Kier alpha value is -3.32. The topological polar surface area (TPSA) is 170 Å². The summed E-state index contributed by atoms with van der Waals surface area (Å²) in [7, 11) is 0. The standard InChI is InChI=1S/C20H28N6O7/c1-5-21-17-23-14-13(15(28)24-17)22-10-26(14)11-32-12(8-27)9-31-16(29)20(6-7-20)25-18(30)33-19(2,3)4/h5,10,12,27H,6-9,11H2,1-4H3,(H,25,30)(H,23,24,28)/b21-5+. The third-order valence-corrected chi connectivity index (χ3v) is 4.65. The maximum atomic E-state index is 12.5. The second-order valence-electron chi connectivity index (χ2n) is 8.57. The Bertz CT molecular complexity index is 1100. The molecule has 0 spiro atoms. The van der Waals surface area contributed by atoms with E-state index >= 15 is 0 Å². The summed E-state index contributed by atoms with van der Waals surface area (Å²) >= 11 is 0. The summed E-state index contributed by atoms with van der Waals surface area (Å²) in [5.41, 5.74) is -1.89. The fourth-order valence-corrected chi connectivity index (χ4v) is 2.87. The maximum absolute atomic E-state index is 12.5. The quantitative estimate of drug-likeness (QED) is 0.358. The van der Waals surface area contributed by atoms with Gasteiger partial charge in [0.2, 0.25) is 5.95 Å². The van der Waals surface area contributed by atoms with Gasteiger partial charge in [0.05, 0.1) is 12.9 Å². The van der Waals surface area contributed by atoms with Crippen molar-refractivity contribution in [3.63, 3.8) is 0 Å².